The molecule has 1 amide bonds. The lowest BCUT2D eigenvalue weighted by Crippen LogP contribution is -2.37. The van der Waals surface area contributed by atoms with Crippen molar-refractivity contribution in [2.45, 2.75) is 19.9 Å². The lowest BCUT2D eigenvalue weighted by Gasteiger charge is -2.23. The maximum absolute atomic E-state index is 12.4. The first-order chi connectivity index (χ1) is 9.88. The van der Waals surface area contributed by atoms with Crippen molar-refractivity contribution in [2.75, 3.05) is 27.2 Å². The smallest absolute Gasteiger partial charge is 0.307 e. The first kappa shape index (κ1) is 15.6. The van der Waals surface area contributed by atoms with Gasteiger partial charge in [-0.3, -0.25) is 9.59 Å². The van der Waals surface area contributed by atoms with Crippen LogP contribution >= 0.6 is 0 Å². The Bertz CT molecular complexity index is 523. The summed E-state index contributed by atoms with van der Waals surface area (Å²) in [5, 5.41) is 8.97. The maximum atomic E-state index is 12.4. The Hall–Kier alpha value is -1.82. The van der Waals surface area contributed by atoms with Crippen LogP contribution in [0.1, 0.15) is 17.9 Å². The highest BCUT2D eigenvalue weighted by molar-refractivity contribution is 5.89. The Balaban J connectivity index is 2.01. The molecule has 2 atom stereocenters. The number of rotatable bonds is 7. The summed E-state index contributed by atoms with van der Waals surface area (Å²) in [6, 6.07) is 3.72. The fraction of sp³-hybridized carbons (Fsp3) is 0.600. The molecule has 1 aromatic rings. The van der Waals surface area contributed by atoms with Gasteiger partial charge in [-0.2, -0.15) is 0 Å². The van der Waals surface area contributed by atoms with Gasteiger partial charge in [0.1, 0.15) is 11.5 Å². The van der Waals surface area contributed by atoms with Crippen LogP contribution in [0.25, 0.3) is 0 Å². The van der Waals surface area contributed by atoms with Gasteiger partial charge in [0.15, 0.2) is 0 Å². The third-order valence-electron chi connectivity index (χ3n) is 3.70. The third kappa shape index (κ3) is 4.07. The van der Waals surface area contributed by atoms with Crippen molar-refractivity contribution in [3.05, 3.63) is 23.7 Å². The highest BCUT2D eigenvalue weighted by Crippen LogP contribution is 2.40. The van der Waals surface area contributed by atoms with Gasteiger partial charge in [0.05, 0.1) is 18.4 Å². The number of carboxylic acid groups (broad SMARTS) is 1. The predicted octanol–water partition coefficient (Wildman–Crippen LogP) is 1.20. The maximum Gasteiger partial charge on any atom is 0.307 e. The molecule has 0 unspecified atom stereocenters. The van der Waals surface area contributed by atoms with Gasteiger partial charge in [-0.15, -0.1) is 0 Å². The standard InChI is InChI=1S/C15H22N2O4/c1-10-4-5-11(21-10)9-17(7-6-16(2)3)14(18)12-8-13(12)15(19)20/h4-5,12-13H,6-9H2,1-3H3,(H,19,20)/t12-,13+/m1/s1. The monoisotopic (exact) mass is 294 g/mol. The van der Waals surface area contributed by atoms with E-state index in [4.69, 9.17) is 9.52 Å². The second-order valence-electron chi connectivity index (χ2n) is 5.86. The molecule has 0 saturated heterocycles. The van der Waals surface area contributed by atoms with Crippen molar-refractivity contribution in [3.63, 3.8) is 0 Å². The molecule has 116 valence electrons. The molecule has 0 bridgehead atoms. The van der Waals surface area contributed by atoms with Crippen LogP contribution in [-0.4, -0.2) is 54.0 Å². The summed E-state index contributed by atoms with van der Waals surface area (Å²) in [5.41, 5.74) is 0. The van der Waals surface area contributed by atoms with Crippen LogP contribution in [0.5, 0.6) is 0 Å². The highest BCUT2D eigenvalue weighted by atomic mass is 16.4. The van der Waals surface area contributed by atoms with E-state index in [2.05, 4.69) is 0 Å². The summed E-state index contributed by atoms with van der Waals surface area (Å²) in [6.45, 7) is 3.55. The number of carboxylic acids is 1. The van der Waals surface area contributed by atoms with Crippen molar-refractivity contribution in [2.24, 2.45) is 11.8 Å². The number of furan rings is 1. The van der Waals surface area contributed by atoms with Crippen LogP contribution in [0.2, 0.25) is 0 Å². The molecular weight excluding hydrogens is 272 g/mol. The number of nitrogens with zero attached hydrogens (tertiary/aromatic N) is 2. The molecule has 0 spiro atoms. The lowest BCUT2D eigenvalue weighted by molar-refractivity contribution is -0.142. The van der Waals surface area contributed by atoms with Crippen molar-refractivity contribution in [3.8, 4) is 0 Å². The molecule has 0 aromatic carbocycles. The van der Waals surface area contributed by atoms with E-state index in [1.165, 1.54) is 0 Å². The fourth-order valence-electron chi connectivity index (χ4n) is 2.32. The zero-order valence-electron chi connectivity index (χ0n) is 12.7. The number of hydrogen-bond acceptors (Lipinski definition) is 4. The van der Waals surface area contributed by atoms with Crippen LogP contribution in [0, 0.1) is 18.8 Å². The highest BCUT2D eigenvalue weighted by Gasteiger charge is 2.49. The van der Waals surface area contributed by atoms with Crippen molar-refractivity contribution in [1.82, 2.24) is 9.80 Å². The Labute approximate surface area is 124 Å². The van der Waals surface area contributed by atoms with E-state index in [-0.39, 0.29) is 11.8 Å². The number of likely N-dealkylation sites (N-methyl/N-ethyl adjacent to an activating group) is 1. The van der Waals surface area contributed by atoms with Crippen LogP contribution < -0.4 is 0 Å². The van der Waals surface area contributed by atoms with Gasteiger partial charge in [-0.05, 0) is 39.6 Å². The summed E-state index contributed by atoms with van der Waals surface area (Å²) in [4.78, 5) is 27.1. The fourth-order valence-corrected chi connectivity index (χ4v) is 2.32. The first-order valence-electron chi connectivity index (χ1n) is 7.10. The minimum absolute atomic E-state index is 0.0849. The quantitative estimate of drug-likeness (QED) is 0.818. The number of hydrogen-bond donors (Lipinski definition) is 1. The number of carbonyl (C=O) groups is 2. The van der Waals surface area contributed by atoms with E-state index in [0.717, 1.165) is 18.1 Å². The molecule has 1 saturated carbocycles. The van der Waals surface area contributed by atoms with Gasteiger partial charge in [0, 0.05) is 13.1 Å². The Kier molecular flexibility index (Phi) is 4.67. The molecule has 1 fully saturated rings. The summed E-state index contributed by atoms with van der Waals surface area (Å²) >= 11 is 0. The zero-order chi connectivity index (χ0) is 15.6. The van der Waals surface area contributed by atoms with E-state index in [0.29, 0.717) is 19.5 Å². The third-order valence-corrected chi connectivity index (χ3v) is 3.70. The van der Waals surface area contributed by atoms with Gasteiger partial charge in [-0.1, -0.05) is 0 Å². The summed E-state index contributed by atoms with van der Waals surface area (Å²) in [6.07, 6.45) is 0.448. The van der Waals surface area contributed by atoms with Crippen LogP contribution in [0.15, 0.2) is 16.5 Å². The molecule has 1 heterocycles. The minimum atomic E-state index is -0.880. The average molecular weight is 294 g/mol. The molecule has 1 aliphatic rings. The van der Waals surface area contributed by atoms with E-state index < -0.39 is 11.9 Å². The first-order valence-corrected chi connectivity index (χ1v) is 7.10. The molecule has 21 heavy (non-hydrogen) atoms. The van der Waals surface area contributed by atoms with Crippen LogP contribution in [0.3, 0.4) is 0 Å². The number of carbonyl (C=O) groups excluding carboxylic acids is 1. The molecule has 1 aliphatic carbocycles. The number of aryl methyl sites for hydroxylation is 1. The molecule has 1 aromatic heterocycles. The Morgan fingerprint density at radius 1 is 1.29 bits per heavy atom. The summed E-state index contributed by atoms with van der Waals surface area (Å²) in [7, 11) is 3.88. The predicted molar refractivity (Wildman–Crippen MR) is 76.6 cm³/mol. The topological polar surface area (TPSA) is 74.0 Å². The van der Waals surface area contributed by atoms with E-state index in [1.54, 1.807) is 4.90 Å². The molecule has 0 aliphatic heterocycles. The summed E-state index contributed by atoms with van der Waals surface area (Å²) in [5.74, 6) is -0.321. The second-order valence-corrected chi connectivity index (χ2v) is 5.86. The van der Waals surface area contributed by atoms with Gasteiger partial charge in [-0.25, -0.2) is 0 Å². The number of amides is 1. The molecule has 1 N–H and O–H groups in total. The van der Waals surface area contributed by atoms with E-state index in [9.17, 15) is 9.59 Å². The molecule has 6 heteroatoms. The van der Waals surface area contributed by atoms with Gasteiger partial charge >= 0.3 is 5.97 Å². The molecular formula is C15H22N2O4. The molecule has 6 nitrogen and oxygen atoms in total. The largest absolute Gasteiger partial charge is 0.481 e. The summed E-state index contributed by atoms with van der Waals surface area (Å²) < 4.78 is 5.52. The van der Waals surface area contributed by atoms with E-state index >= 15 is 0 Å². The average Bonchev–Trinajstić information content (AvgIpc) is 3.11. The van der Waals surface area contributed by atoms with Crippen LogP contribution in [-0.2, 0) is 16.1 Å². The number of aliphatic carboxylic acids is 1. The van der Waals surface area contributed by atoms with Gasteiger partial charge in [0.25, 0.3) is 0 Å². The van der Waals surface area contributed by atoms with Gasteiger partial charge < -0.3 is 19.3 Å². The molecule has 0 radical (unpaired) electrons. The van der Waals surface area contributed by atoms with Crippen LogP contribution in [0.4, 0.5) is 0 Å². The Morgan fingerprint density at radius 2 is 2.00 bits per heavy atom. The van der Waals surface area contributed by atoms with E-state index in [1.807, 2.05) is 38.1 Å². The minimum Gasteiger partial charge on any atom is -0.481 e. The van der Waals surface area contributed by atoms with Crippen molar-refractivity contribution >= 4 is 11.9 Å². The van der Waals surface area contributed by atoms with Gasteiger partial charge in [0.2, 0.25) is 5.91 Å². The SMILES string of the molecule is Cc1ccc(CN(CCN(C)C)C(=O)[C@@H]2C[C@@H]2C(=O)O)o1. The van der Waals surface area contributed by atoms with Crippen molar-refractivity contribution < 1.29 is 19.1 Å². The second kappa shape index (κ2) is 6.30. The normalized spacial score (nSPS) is 20.6. The van der Waals surface area contributed by atoms with Crippen molar-refractivity contribution in [1.29, 1.82) is 0 Å². The zero-order valence-corrected chi connectivity index (χ0v) is 12.7. The Morgan fingerprint density at radius 3 is 2.48 bits per heavy atom. The molecule has 2 rings (SSSR count). The lowest BCUT2D eigenvalue weighted by atomic mass is 10.2.